The Balaban J connectivity index is 1.99. The van der Waals surface area contributed by atoms with Crippen LogP contribution in [-0.4, -0.2) is 0 Å². The number of fused-ring (bicyclic) bond motifs is 5. The number of rotatable bonds is 2. The van der Waals surface area contributed by atoms with Crippen molar-refractivity contribution in [2.75, 3.05) is 0 Å². The summed E-state index contributed by atoms with van der Waals surface area (Å²) in [5.74, 6) is 3.64. The van der Waals surface area contributed by atoms with E-state index in [1.807, 2.05) is 0 Å². The van der Waals surface area contributed by atoms with Crippen molar-refractivity contribution in [3.63, 3.8) is 0 Å². The molecule has 0 spiro atoms. The predicted molar refractivity (Wildman–Crippen MR) is 59.9 cm³/mol. The van der Waals surface area contributed by atoms with Gasteiger partial charge in [0.05, 0.1) is 0 Å². The van der Waals surface area contributed by atoms with Crippen LogP contribution < -0.4 is 0 Å². The monoisotopic (exact) mass is 188 g/mol. The molecule has 1 saturated carbocycles. The minimum Gasteiger partial charge on any atom is -0.0848 e. The van der Waals surface area contributed by atoms with E-state index in [1.54, 1.807) is 0 Å². The molecule has 2 bridgehead atoms. The molecule has 0 heterocycles. The summed E-state index contributed by atoms with van der Waals surface area (Å²) in [6, 6.07) is 0. The fourth-order valence-electron chi connectivity index (χ4n) is 4.30. The quantitative estimate of drug-likeness (QED) is 0.578. The van der Waals surface area contributed by atoms with Gasteiger partial charge in [0.25, 0.3) is 0 Å². The van der Waals surface area contributed by atoms with Gasteiger partial charge in [0.15, 0.2) is 0 Å². The maximum Gasteiger partial charge on any atom is -0.00837 e. The standard InChI is InChI=1S/C14H20/c1-3-14(4-2)8-7-12-10-5-6-11(9-10)13(12)14/h5-8,10-13H,3-4,9H2,1-2H3/t10-,11-,12+,13-/m1/s1. The Labute approximate surface area is 87.1 Å². The molecule has 0 amide bonds. The van der Waals surface area contributed by atoms with Crippen LogP contribution >= 0.6 is 0 Å². The molecule has 0 aromatic rings. The summed E-state index contributed by atoms with van der Waals surface area (Å²) in [6.07, 6.45) is 14.2. The van der Waals surface area contributed by atoms with E-state index >= 15 is 0 Å². The first-order valence-electron chi connectivity index (χ1n) is 6.18. The van der Waals surface area contributed by atoms with Crippen molar-refractivity contribution in [3.05, 3.63) is 24.3 Å². The van der Waals surface area contributed by atoms with Gasteiger partial charge in [-0.25, -0.2) is 0 Å². The van der Waals surface area contributed by atoms with Gasteiger partial charge in [-0.05, 0) is 48.3 Å². The van der Waals surface area contributed by atoms with Crippen molar-refractivity contribution in [2.45, 2.75) is 33.1 Å². The first kappa shape index (κ1) is 8.76. The molecule has 76 valence electrons. The van der Waals surface area contributed by atoms with Gasteiger partial charge >= 0.3 is 0 Å². The van der Waals surface area contributed by atoms with Gasteiger partial charge < -0.3 is 0 Å². The van der Waals surface area contributed by atoms with Crippen LogP contribution in [0, 0.1) is 29.1 Å². The molecule has 14 heavy (non-hydrogen) atoms. The molecule has 1 fully saturated rings. The van der Waals surface area contributed by atoms with Crippen LogP contribution in [0.2, 0.25) is 0 Å². The minimum atomic E-state index is 0.550. The van der Waals surface area contributed by atoms with E-state index < -0.39 is 0 Å². The molecular weight excluding hydrogens is 168 g/mol. The van der Waals surface area contributed by atoms with E-state index in [0.717, 1.165) is 23.7 Å². The largest absolute Gasteiger partial charge is 0.0848 e. The van der Waals surface area contributed by atoms with Gasteiger partial charge in [0.2, 0.25) is 0 Å². The lowest BCUT2D eigenvalue weighted by molar-refractivity contribution is 0.169. The molecule has 0 nitrogen and oxygen atoms in total. The van der Waals surface area contributed by atoms with Crippen LogP contribution in [0.5, 0.6) is 0 Å². The molecule has 0 aliphatic heterocycles. The van der Waals surface area contributed by atoms with Crippen LogP contribution in [0.4, 0.5) is 0 Å². The fraction of sp³-hybridized carbons (Fsp3) is 0.714. The molecule has 3 aliphatic rings. The number of hydrogen-bond donors (Lipinski definition) is 0. The maximum absolute atomic E-state index is 2.55. The molecule has 0 N–H and O–H groups in total. The van der Waals surface area contributed by atoms with Crippen LogP contribution in [0.15, 0.2) is 24.3 Å². The highest BCUT2D eigenvalue weighted by Crippen LogP contribution is 2.61. The van der Waals surface area contributed by atoms with Crippen molar-refractivity contribution < 1.29 is 0 Å². The second-order valence-electron chi connectivity index (χ2n) is 5.35. The van der Waals surface area contributed by atoms with Crippen molar-refractivity contribution in [1.29, 1.82) is 0 Å². The molecule has 3 aliphatic carbocycles. The van der Waals surface area contributed by atoms with E-state index in [1.165, 1.54) is 19.3 Å². The predicted octanol–water partition coefficient (Wildman–Crippen LogP) is 3.80. The Bertz CT molecular complexity index is 293. The Hall–Kier alpha value is -0.520. The molecular formula is C14H20. The summed E-state index contributed by atoms with van der Waals surface area (Å²) < 4.78 is 0. The molecule has 3 rings (SSSR count). The Morgan fingerprint density at radius 1 is 1.07 bits per heavy atom. The normalized spacial score (nSPS) is 46.1. The second kappa shape index (κ2) is 2.74. The van der Waals surface area contributed by atoms with Crippen molar-refractivity contribution in [2.24, 2.45) is 29.1 Å². The summed E-state index contributed by atoms with van der Waals surface area (Å²) in [5.41, 5.74) is 0.550. The highest BCUT2D eigenvalue weighted by Gasteiger charge is 2.53. The molecule has 0 aromatic carbocycles. The lowest BCUT2D eigenvalue weighted by atomic mass is 9.67. The van der Waals surface area contributed by atoms with Gasteiger partial charge in [0, 0.05) is 0 Å². The molecule has 0 unspecified atom stereocenters. The highest BCUT2D eigenvalue weighted by atomic mass is 14.6. The van der Waals surface area contributed by atoms with Crippen LogP contribution in [0.25, 0.3) is 0 Å². The SMILES string of the molecule is CCC1(CC)C=C[C@@H]2[C@H]1[C@@H]1C=C[C@@H]2C1. The van der Waals surface area contributed by atoms with Gasteiger partial charge in [-0.15, -0.1) is 0 Å². The Kier molecular flexibility index (Phi) is 1.72. The van der Waals surface area contributed by atoms with E-state index in [9.17, 15) is 0 Å². The maximum atomic E-state index is 2.55. The zero-order valence-corrected chi connectivity index (χ0v) is 9.24. The lowest BCUT2D eigenvalue weighted by Crippen LogP contribution is -2.30. The summed E-state index contributed by atoms with van der Waals surface area (Å²) in [5, 5.41) is 0. The molecule has 0 saturated heterocycles. The van der Waals surface area contributed by atoms with Gasteiger partial charge in [-0.2, -0.15) is 0 Å². The zero-order chi connectivity index (χ0) is 9.76. The average Bonchev–Trinajstić information content (AvgIpc) is 2.90. The lowest BCUT2D eigenvalue weighted by Gasteiger charge is -2.37. The Morgan fingerprint density at radius 3 is 2.50 bits per heavy atom. The summed E-state index contributed by atoms with van der Waals surface area (Å²) in [7, 11) is 0. The third-order valence-electron chi connectivity index (χ3n) is 5.15. The summed E-state index contributed by atoms with van der Waals surface area (Å²) in [6.45, 7) is 4.73. The van der Waals surface area contributed by atoms with Crippen LogP contribution in [0.1, 0.15) is 33.1 Å². The van der Waals surface area contributed by atoms with Crippen molar-refractivity contribution in [3.8, 4) is 0 Å². The molecule has 0 aromatic heterocycles. The van der Waals surface area contributed by atoms with Crippen LogP contribution in [-0.2, 0) is 0 Å². The van der Waals surface area contributed by atoms with E-state index in [0.29, 0.717) is 5.41 Å². The third-order valence-corrected chi connectivity index (χ3v) is 5.15. The van der Waals surface area contributed by atoms with Crippen molar-refractivity contribution >= 4 is 0 Å². The number of allylic oxidation sites excluding steroid dienone is 4. The van der Waals surface area contributed by atoms with E-state index in [2.05, 4.69) is 38.2 Å². The fourth-order valence-corrected chi connectivity index (χ4v) is 4.30. The zero-order valence-electron chi connectivity index (χ0n) is 9.24. The van der Waals surface area contributed by atoms with E-state index in [4.69, 9.17) is 0 Å². The smallest absolute Gasteiger partial charge is 0.00837 e. The third kappa shape index (κ3) is 0.852. The van der Waals surface area contributed by atoms with Crippen LogP contribution in [0.3, 0.4) is 0 Å². The topological polar surface area (TPSA) is 0 Å². The second-order valence-corrected chi connectivity index (χ2v) is 5.35. The minimum absolute atomic E-state index is 0.550. The van der Waals surface area contributed by atoms with Gasteiger partial charge in [-0.1, -0.05) is 38.2 Å². The van der Waals surface area contributed by atoms with Crippen molar-refractivity contribution in [1.82, 2.24) is 0 Å². The molecule has 0 heteroatoms. The average molecular weight is 188 g/mol. The number of hydrogen-bond acceptors (Lipinski definition) is 0. The summed E-state index contributed by atoms with van der Waals surface area (Å²) >= 11 is 0. The first-order chi connectivity index (χ1) is 6.80. The highest BCUT2D eigenvalue weighted by molar-refractivity contribution is 5.27. The Morgan fingerprint density at radius 2 is 1.79 bits per heavy atom. The van der Waals surface area contributed by atoms with Gasteiger partial charge in [-0.3, -0.25) is 0 Å². The summed E-state index contributed by atoms with van der Waals surface area (Å²) in [4.78, 5) is 0. The molecule has 0 radical (unpaired) electrons. The molecule has 4 atom stereocenters. The first-order valence-corrected chi connectivity index (χ1v) is 6.18. The van der Waals surface area contributed by atoms with E-state index in [-0.39, 0.29) is 0 Å². The van der Waals surface area contributed by atoms with Gasteiger partial charge in [0.1, 0.15) is 0 Å².